The fraction of sp³-hybridized carbons (Fsp3) is 0.600. The molecule has 0 bridgehead atoms. The van der Waals surface area contributed by atoms with Crippen molar-refractivity contribution in [2.45, 2.75) is 19.8 Å². The third kappa shape index (κ3) is 1.01. The summed E-state index contributed by atoms with van der Waals surface area (Å²) in [4.78, 5) is 0. The van der Waals surface area contributed by atoms with Crippen LogP contribution in [0.15, 0.2) is 6.33 Å². The monoisotopic (exact) mass is 126 g/mol. The molecule has 0 aliphatic heterocycles. The second-order valence-corrected chi connectivity index (χ2v) is 2.25. The van der Waals surface area contributed by atoms with Crippen molar-refractivity contribution in [1.29, 1.82) is 0 Å². The lowest BCUT2D eigenvalue weighted by Crippen LogP contribution is -2.12. The average molecular weight is 126 g/mol. The largest absolute Gasteiger partial charge is 0.336 e. The maximum absolute atomic E-state index is 5.43. The molecule has 0 spiro atoms. The first-order valence-electron chi connectivity index (χ1n) is 2.87. The number of hydrogen-bond acceptors (Lipinski definition) is 3. The van der Waals surface area contributed by atoms with E-state index in [4.69, 9.17) is 5.84 Å². The average Bonchev–Trinajstić information content (AvgIpc) is 2.13. The van der Waals surface area contributed by atoms with E-state index in [9.17, 15) is 0 Å². The van der Waals surface area contributed by atoms with Crippen molar-refractivity contribution < 1.29 is 0 Å². The van der Waals surface area contributed by atoms with Crippen molar-refractivity contribution in [1.82, 2.24) is 14.9 Å². The Hall–Kier alpha value is -1.06. The van der Waals surface area contributed by atoms with Crippen LogP contribution < -0.4 is 5.84 Å². The molecule has 0 radical (unpaired) electrons. The second-order valence-electron chi connectivity index (χ2n) is 2.25. The predicted molar refractivity (Wildman–Crippen MR) is 34.3 cm³/mol. The molecular formula is C5H10N4. The number of nitrogen functional groups attached to an aromatic ring is 1. The fourth-order valence-corrected chi connectivity index (χ4v) is 0.665. The first kappa shape index (κ1) is 6.07. The zero-order valence-corrected chi connectivity index (χ0v) is 5.57. The minimum atomic E-state index is 0.345. The second kappa shape index (κ2) is 2.05. The Morgan fingerprint density at radius 1 is 1.67 bits per heavy atom. The van der Waals surface area contributed by atoms with Crippen molar-refractivity contribution in [3.63, 3.8) is 0 Å². The van der Waals surface area contributed by atoms with E-state index in [1.54, 1.807) is 0 Å². The number of nitrogens with two attached hydrogens (primary N) is 1. The Morgan fingerprint density at radius 3 is 2.56 bits per heavy atom. The molecule has 4 nitrogen and oxygen atoms in total. The van der Waals surface area contributed by atoms with Crippen molar-refractivity contribution in [2.75, 3.05) is 5.84 Å². The summed E-state index contributed by atoms with van der Waals surface area (Å²) in [7, 11) is 0. The Bertz CT molecular complexity index is 191. The lowest BCUT2D eigenvalue weighted by Gasteiger charge is -2.00. The molecule has 4 heteroatoms. The van der Waals surface area contributed by atoms with Gasteiger partial charge < -0.3 is 5.84 Å². The van der Waals surface area contributed by atoms with Gasteiger partial charge in [0, 0.05) is 5.92 Å². The summed E-state index contributed by atoms with van der Waals surface area (Å²) in [5.41, 5.74) is 0. The van der Waals surface area contributed by atoms with Gasteiger partial charge in [-0.25, -0.2) is 4.68 Å². The normalized spacial score (nSPS) is 10.6. The molecule has 0 atom stereocenters. The smallest absolute Gasteiger partial charge is 0.153 e. The van der Waals surface area contributed by atoms with E-state index in [-0.39, 0.29) is 0 Å². The van der Waals surface area contributed by atoms with Gasteiger partial charge in [-0.05, 0) is 0 Å². The number of nitrogens with zero attached hydrogens (tertiary/aromatic N) is 3. The van der Waals surface area contributed by atoms with E-state index in [1.807, 2.05) is 13.8 Å². The maximum Gasteiger partial charge on any atom is 0.153 e. The van der Waals surface area contributed by atoms with Gasteiger partial charge in [-0.2, -0.15) is 0 Å². The first-order valence-corrected chi connectivity index (χ1v) is 2.87. The first-order chi connectivity index (χ1) is 4.22. The van der Waals surface area contributed by atoms with Gasteiger partial charge in [-0.1, -0.05) is 13.8 Å². The van der Waals surface area contributed by atoms with Crippen LogP contribution in [0.3, 0.4) is 0 Å². The standard InChI is InChI=1S/C5H10N4/c1-4(2)5-8-7-3-9(5)6/h3-4H,6H2,1-2H3. The molecule has 0 fully saturated rings. The summed E-state index contributed by atoms with van der Waals surface area (Å²) in [6, 6.07) is 0. The van der Waals surface area contributed by atoms with Gasteiger partial charge in [0.2, 0.25) is 0 Å². The molecular weight excluding hydrogens is 116 g/mol. The van der Waals surface area contributed by atoms with Gasteiger partial charge >= 0.3 is 0 Å². The summed E-state index contributed by atoms with van der Waals surface area (Å²) < 4.78 is 1.44. The Labute approximate surface area is 53.7 Å². The molecule has 2 N–H and O–H groups in total. The van der Waals surface area contributed by atoms with E-state index in [1.165, 1.54) is 11.0 Å². The molecule has 0 saturated carbocycles. The molecule has 0 aromatic carbocycles. The zero-order chi connectivity index (χ0) is 6.85. The Morgan fingerprint density at radius 2 is 2.33 bits per heavy atom. The number of rotatable bonds is 1. The molecule has 1 heterocycles. The van der Waals surface area contributed by atoms with Crippen LogP contribution >= 0.6 is 0 Å². The highest BCUT2D eigenvalue weighted by Gasteiger charge is 2.04. The van der Waals surface area contributed by atoms with Crippen LogP contribution in [0.1, 0.15) is 25.6 Å². The van der Waals surface area contributed by atoms with Crippen molar-refractivity contribution in [3.8, 4) is 0 Å². The van der Waals surface area contributed by atoms with Crippen LogP contribution in [0, 0.1) is 0 Å². The highest BCUT2D eigenvalue weighted by Crippen LogP contribution is 2.06. The van der Waals surface area contributed by atoms with Gasteiger partial charge in [0.15, 0.2) is 5.82 Å². The van der Waals surface area contributed by atoms with Crippen molar-refractivity contribution in [2.24, 2.45) is 0 Å². The highest BCUT2D eigenvalue weighted by molar-refractivity contribution is 4.91. The van der Waals surface area contributed by atoms with Crippen molar-refractivity contribution in [3.05, 3.63) is 12.2 Å². The van der Waals surface area contributed by atoms with Crippen LogP contribution in [-0.2, 0) is 0 Å². The number of aromatic nitrogens is 3. The van der Waals surface area contributed by atoms with Crippen LogP contribution in [0.5, 0.6) is 0 Å². The molecule has 0 saturated heterocycles. The zero-order valence-electron chi connectivity index (χ0n) is 5.57. The summed E-state index contributed by atoms with van der Waals surface area (Å²) in [6.45, 7) is 4.04. The molecule has 0 unspecified atom stereocenters. The Balaban J connectivity index is 2.94. The van der Waals surface area contributed by atoms with Crippen LogP contribution in [0.2, 0.25) is 0 Å². The van der Waals surface area contributed by atoms with Crippen LogP contribution in [0.25, 0.3) is 0 Å². The predicted octanol–water partition coefficient (Wildman–Crippen LogP) is 0.115. The summed E-state index contributed by atoms with van der Waals surface area (Å²) in [6.07, 6.45) is 1.50. The van der Waals surface area contributed by atoms with Gasteiger partial charge in [-0.15, -0.1) is 10.2 Å². The van der Waals surface area contributed by atoms with Gasteiger partial charge in [0.25, 0.3) is 0 Å². The van der Waals surface area contributed by atoms with Crippen LogP contribution in [0.4, 0.5) is 0 Å². The maximum atomic E-state index is 5.43. The molecule has 1 aromatic heterocycles. The molecule has 0 aliphatic rings. The van der Waals surface area contributed by atoms with E-state index in [0.717, 1.165) is 5.82 Å². The molecule has 1 rings (SSSR count). The summed E-state index contributed by atoms with van der Waals surface area (Å²) in [5, 5.41) is 7.43. The minimum Gasteiger partial charge on any atom is -0.336 e. The molecule has 0 amide bonds. The quantitative estimate of drug-likeness (QED) is 0.543. The fourth-order valence-electron chi connectivity index (χ4n) is 0.665. The SMILES string of the molecule is CC(C)c1nncn1N. The van der Waals surface area contributed by atoms with Gasteiger partial charge in [0.1, 0.15) is 6.33 Å². The van der Waals surface area contributed by atoms with Gasteiger partial charge in [0.05, 0.1) is 0 Å². The van der Waals surface area contributed by atoms with Gasteiger partial charge in [-0.3, -0.25) is 0 Å². The van der Waals surface area contributed by atoms with E-state index >= 15 is 0 Å². The van der Waals surface area contributed by atoms with E-state index in [2.05, 4.69) is 10.2 Å². The lowest BCUT2D eigenvalue weighted by atomic mass is 10.2. The topological polar surface area (TPSA) is 56.7 Å². The Kier molecular flexibility index (Phi) is 1.38. The molecule has 9 heavy (non-hydrogen) atoms. The number of hydrogen-bond donors (Lipinski definition) is 1. The third-order valence-electron chi connectivity index (χ3n) is 1.12. The minimum absolute atomic E-state index is 0.345. The summed E-state index contributed by atoms with van der Waals surface area (Å²) >= 11 is 0. The van der Waals surface area contributed by atoms with E-state index in [0.29, 0.717) is 5.92 Å². The van der Waals surface area contributed by atoms with Crippen molar-refractivity contribution >= 4 is 0 Å². The van der Waals surface area contributed by atoms with Crippen LogP contribution in [-0.4, -0.2) is 14.9 Å². The van der Waals surface area contributed by atoms with E-state index < -0.39 is 0 Å². The summed E-state index contributed by atoms with van der Waals surface area (Å²) in [5.74, 6) is 6.59. The third-order valence-corrected chi connectivity index (χ3v) is 1.12. The lowest BCUT2D eigenvalue weighted by molar-refractivity contribution is 0.731. The highest BCUT2D eigenvalue weighted by atomic mass is 15.4. The molecule has 1 aromatic rings. The molecule has 0 aliphatic carbocycles. The molecule has 50 valence electrons.